The van der Waals surface area contributed by atoms with Gasteiger partial charge in [-0.1, -0.05) is 36.4 Å². The molecule has 2 aromatic carbocycles. The van der Waals surface area contributed by atoms with Crippen molar-refractivity contribution < 1.29 is 5.11 Å². The monoisotopic (exact) mass is 259 g/mol. The van der Waals surface area contributed by atoms with Crippen LogP contribution >= 0.6 is 0 Å². The summed E-state index contributed by atoms with van der Waals surface area (Å²) in [6.07, 6.45) is 2.60. The standard InChI is InChI=1S/C18H13NO/c20-17-9-4-6-13-15(17)11-12-5-3-7-14(18(12)13)16-8-1-2-10-19-16/h1-10,20H,11H2. The summed E-state index contributed by atoms with van der Waals surface area (Å²) in [7, 11) is 0. The summed E-state index contributed by atoms with van der Waals surface area (Å²) in [5, 5.41) is 10.0. The van der Waals surface area contributed by atoms with E-state index in [0.717, 1.165) is 28.8 Å². The molecule has 0 saturated heterocycles. The number of hydrogen-bond acceptors (Lipinski definition) is 2. The van der Waals surface area contributed by atoms with Crippen molar-refractivity contribution in [2.24, 2.45) is 0 Å². The normalized spacial score (nSPS) is 12.0. The molecule has 1 aromatic heterocycles. The van der Waals surface area contributed by atoms with Gasteiger partial charge in [-0.15, -0.1) is 0 Å². The Morgan fingerprint density at radius 2 is 1.70 bits per heavy atom. The maximum absolute atomic E-state index is 10.0. The second-order valence-electron chi connectivity index (χ2n) is 5.03. The maximum atomic E-state index is 10.0. The highest BCUT2D eigenvalue weighted by atomic mass is 16.3. The lowest BCUT2D eigenvalue weighted by atomic mass is 9.97. The molecule has 0 atom stereocenters. The Morgan fingerprint density at radius 1 is 0.850 bits per heavy atom. The van der Waals surface area contributed by atoms with E-state index in [1.165, 1.54) is 11.1 Å². The molecule has 0 aliphatic heterocycles. The molecular formula is C18H13NO. The first-order valence-corrected chi connectivity index (χ1v) is 6.69. The number of pyridine rings is 1. The first-order chi connectivity index (χ1) is 9.84. The summed E-state index contributed by atoms with van der Waals surface area (Å²) in [6, 6.07) is 18.0. The van der Waals surface area contributed by atoms with Gasteiger partial charge >= 0.3 is 0 Å². The molecule has 0 bridgehead atoms. The van der Waals surface area contributed by atoms with E-state index in [-0.39, 0.29) is 0 Å². The fourth-order valence-electron chi connectivity index (χ4n) is 2.99. The molecule has 0 amide bonds. The Balaban J connectivity index is 2.01. The number of phenolic OH excluding ortho intramolecular Hbond substituents is 1. The van der Waals surface area contributed by atoms with E-state index in [1.54, 1.807) is 6.07 Å². The van der Waals surface area contributed by atoms with Crippen LogP contribution in [0.25, 0.3) is 22.4 Å². The van der Waals surface area contributed by atoms with Crippen LogP contribution in [0.4, 0.5) is 0 Å². The van der Waals surface area contributed by atoms with Crippen LogP contribution in [0.2, 0.25) is 0 Å². The number of hydrogen-bond donors (Lipinski definition) is 1. The second kappa shape index (κ2) is 4.20. The first-order valence-electron chi connectivity index (χ1n) is 6.69. The van der Waals surface area contributed by atoms with Crippen LogP contribution in [0.1, 0.15) is 11.1 Å². The number of rotatable bonds is 1. The Bertz CT molecular complexity index is 794. The molecule has 2 nitrogen and oxygen atoms in total. The van der Waals surface area contributed by atoms with Gasteiger partial charge in [-0.3, -0.25) is 4.98 Å². The average molecular weight is 259 g/mol. The summed E-state index contributed by atoms with van der Waals surface area (Å²) in [4.78, 5) is 4.46. The van der Waals surface area contributed by atoms with E-state index < -0.39 is 0 Å². The molecule has 4 rings (SSSR count). The van der Waals surface area contributed by atoms with Gasteiger partial charge in [0.2, 0.25) is 0 Å². The molecule has 0 unspecified atom stereocenters. The molecule has 2 heteroatoms. The molecule has 96 valence electrons. The van der Waals surface area contributed by atoms with Gasteiger partial charge in [0.1, 0.15) is 5.75 Å². The minimum absolute atomic E-state index is 0.380. The first kappa shape index (κ1) is 11.2. The van der Waals surface area contributed by atoms with Gasteiger partial charge in [0.25, 0.3) is 0 Å². The van der Waals surface area contributed by atoms with E-state index in [2.05, 4.69) is 29.2 Å². The summed E-state index contributed by atoms with van der Waals surface area (Å²) >= 11 is 0. The van der Waals surface area contributed by atoms with Crippen LogP contribution in [0, 0.1) is 0 Å². The van der Waals surface area contributed by atoms with Crippen molar-refractivity contribution in [2.45, 2.75) is 6.42 Å². The molecule has 1 aliphatic carbocycles. The highest BCUT2D eigenvalue weighted by molar-refractivity contribution is 5.90. The second-order valence-corrected chi connectivity index (χ2v) is 5.03. The fraction of sp³-hybridized carbons (Fsp3) is 0.0556. The quantitative estimate of drug-likeness (QED) is 0.560. The molecule has 3 aromatic rings. The Hall–Kier alpha value is -2.61. The topological polar surface area (TPSA) is 33.1 Å². The Morgan fingerprint density at radius 3 is 2.55 bits per heavy atom. The van der Waals surface area contributed by atoms with E-state index in [1.807, 2.05) is 30.5 Å². The third-order valence-corrected chi connectivity index (χ3v) is 3.88. The van der Waals surface area contributed by atoms with Crippen molar-refractivity contribution >= 4 is 0 Å². The van der Waals surface area contributed by atoms with E-state index in [4.69, 9.17) is 0 Å². The van der Waals surface area contributed by atoms with Crippen LogP contribution in [0.15, 0.2) is 60.8 Å². The van der Waals surface area contributed by atoms with Gasteiger partial charge in [-0.25, -0.2) is 0 Å². The molecular weight excluding hydrogens is 246 g/mol. The number of fused-ring (bicyclic) bond motifs is 3. The number of nitrogens with zero attached hydrogens (tertiary/aromatic N) is 1. The van der Waals surface area contributed by atoms with Gasteiger partial charge in [0.05, 0.1) is 5.69 Å². The lowest BCUT2D eigenvalue weighted by Gasteiger charge is -2.09. The molecule has 1 heterocycles. The SMILES string of the molecule is Oc1cccc2c1Cc1cccc(-c3ccccn3)c1-2. The molecule has 0 spiro atoms. The van der Waals surface area contributed by atoms with E-state index in [0.29, 0.717) is 5.75 Å². The van der Waals surface area contributed by atoms with Crippen LogP contribution in [-0.4, -0.2) is 10.1 Å². The van der Waals surface area contributed by atoms with Gasteiger partial charge in [0.15, 0.2) is 0 Å². The lowest BCUT2D eigenvalue weighted by Crippen LogP contribution is -1.87. The zero-order chi connectivity index (χ0) is 13.5. The lowest BCUT2D eigenvalue weighted by molar-refractivity contribution is 0.470. The van der Waals surface area contributed by atoms with Crippen LogP contribution in [0.5, 0.6) is 5.75 Å². The van der Waals surface area contributed by atoms with Crippen molar-refractivity contribution in [3.8, 4) is 28.1 Å². The number of aromatic hydroxyl groups is 1. The summed E-state index contributed by atoms with van der Waals surface area (Å²) in [5.74, 6) is 0.380. The van der Waals surface area contributed by atoms with Crippen LogP contribution < -0.4 is 0 Å². The minimum atomic E-state index is 0.380. The molecule has 1 aliphatic rings. The molecule has 20 heavy (non-hydrogen) atoms. The third-order valence-electron chi connectivity index (χ3n) is 3.88. The van der Waals surface area contributed by atoms with Gasteiger partial charge in [-0.05, 0) is 34.9 Å². The van der Waals surface area contributed by atoms with Crippen LogP contribution in [-0.2, 0) is 6.42 Å². The van der Waals surface area contributed by atoms with E-state index >= 15 is 0 Å². The van der Waals surface area contributed by atoms with Crippen molar-refractivity contribution in [3.05, 3.63) is 71.9 Å². The summed E-state index contributed by atoms with van der Waals surface area (Å²) < 4.78 is 0. The van der Waals surface area contributed by atoms with Gasteiger partial charge < -0.3 is 5.11 Å². The molecule has 1 N–H and O–H groups in total. The maximum Gasteiger partial charge on any atom is 0.119 e. The predicted octanol–water partition coefficient (Wildman–Crippen LogP) is 4.03. The summed E-state index contributed by atoms with van der Waals surface area (Å²) in [5.41, 5.74) is 6.71. The molecule has 0 saturated carbocycles. The highest BCUT2D eigenvalue weighted by Gasteiger charge is 2.24. The number of aromatic nitrogens is 1. The third kappa shape index (κ3) is 1.55. The van der Waals surface area contributed by atoms with Crippen molar-refractivity contribution in [1.82, 2.24) is 4.98 Å². The van der Waals surface area contributed by atoms with Crippen molar-refractivity contribution in [3.63, 3.8) is 0 Å². The zero-order valence-corrected chi connectivity index (χ0v) is 10.9. The van der Waals surface area contributed by atoms with Gasteiger partial charge in [-0.2, -0.15) is 0 Å². The van der Waals surface area contributed by atoms with E-state index in [9.17, 15) is 5.11 Å². The summed E-state index contributed by atoms with van der Waals surface area (Å²) in [6.45, 7) is 0. The number of phenols is 1. The minimum Gasteiger partial charge on any atom is -0.508 e. The fourth-order valence-corrected chi connectivity index (χ4v) is 2.99. The highest BCUT2D eigenvalue weighted by Crippen LogP contribution is 2.45. The Labute approximate surface area is 117 Å². The Kier molecular flexibility index (Phi) is 2.36. The zero-order valence-electron chi connectivity index (χ0n) is 10.9. The van der Waals surface area contributed by atoms with Crippen molar-refractivity contribution in [2.75, 3.05) is 0 Å². The smallest absolute Gasteiger partial charge is 0.119 e. The predicted molar refractivity (Wildman–Crippen MR) is 79.6 cm³/mol. The van der Waals surface area contributed by atoms with Crippen molar-refractivity contribution in [1.29, 1.82) is 0 Å². The average Bonchev–Trinajstić information content (AvgIpc) is 2.88. The van der Waals surface area contributed by atoms with Crippen LogP contribution in [0.3, 0.4) is 0 Å². The van der Waals surface area contributed by atoms with Gasteiger partial charge in [0, 0.05) is 23.7 Å². The largest absolute Gasteiger partial charge is 0.508 e. The molecule has 0 fully saturated rings. The molecule has 0 radical (unpaired) electrons. The number of benzene rings is 2.